The molecule has 0 spiro atoms. The van der Waals surface area contributed by atoms with Crippen LogP contribution in [0.2, 0.25) is 0 Å². The number of amides is 2. The minimum absolute atomic E-state index is 0.250. The van der Waals surface area contributed by atoms with E-state index in [0.29, 0.717) is 5.69 Å². The highest BCUT2D eigenvalue weighted by Crippen LogP contribution is 2.28. The molecular weight excluding hydrogens is 414 g/mol. The second-order valence-corrected chi connectivity index (χ2v) is 7.74. The molecule has 0 aromatic carbocycles. The Balaban J connectivity index is 0.000000865. The Hall–Kier alpha value is -2.72. The number of carbonyl (C=O) groups is 2. The molecule has 5 N–H and O–H groups in total. The highest BCUT2D eigenvalue weighted by molar-refractivity contribution is 7.10. The Bertz CT molecular complexity index is 772. The molecule has 0 aliphatic carbocycles. The largest absolute Gasteiger partial charge is 0.372 e. The van der Waals surface area contributed by atoms with E-state index in [1.165, 1.54) is 30.8 Å². The van der Waals surface area contributed by atoms with Crippen LogP contribution in [0, 0.1) is 6.92 Å². The Morgan fingerprint density at radius 1 is 1.19 bits per heavy atom. The molecule has 31 heavy (non-hydrogen) atoms. The molecule has 3 heterocycles. The van der Waals surface area contributed by atoms with Crippen LogP contribution < -0.4 is 21.7 Å². The molecule has 10 heteroatoms. The average Bonchev–Trinajstić information content (AvgIpc) is 3.15. The molecular formula is C21H37N7O2S. The van der Waals surface area contributed by atoms with Gasteiger partial charge in [-0.3, -0.25) is 9.59 Å². The summed E-state index contributed by atoms with van der Waals surface area (Å²) >= 11 is 1.35. The van der Waals surface area contributed by atoms with Crippen molar-refractivity contribution < 1.29 is 9.59 Å². The zero-order chi connectivity index (χ0) is 23.8. The lowest BCUT2D eigenvalue weighted by Crippen LogP contribution is -2.29. The van der Waals surface area contributed by atoms with Crippen LogP contribution in [0.5, 0.6) is 0 Å². The average molecular weight is 452 g/mol. The Morgan fingerprint density at radius 2 is 1.74 bits per heavy atom. The van der Waals surface area contributed by atoms with Gasteiger partial charge in [0.1, 0.15) is 5.00 Å². The molecule has 1 saturated heterocycles. The van der Waals surface area contributed by atoms with E-state index in [2.05, 4.69) is 25.3 Å². The summed E-state index contributed by atoms with van der Waals surface area (Å²) in [6, 6.07) is 3.89. The molecule has 2 aromatic rings. The normalized spacial score (nSPS) is 12.3. The zero-order valence-corrected chi connectivity index (χ0v) is 20.3. The molecule has 0 unspecified atom stereocenters. The van der Waals surface area contributed by atoms with Crippen molar-refractivity contribution >= 4 is 40.2 Å². The number of carbonyl (C=O) groups excluding carboxylic acids is 2. The van der Waals surface area contributed by atoms with Gasteiger partial charge >= 0.3 is 0 Å². The monoisotopic (exact) mass is 451 g/mol. The Morgan fingerprint density at radius 3 is 2.19 bits per heavy atom. The number of piperidine rings is 1. The van der Waals surface area contributed by atoms with Crippen molar-refractivity contribution in [3.63, 3.8) is 0 Å². The zero-order valence-electron chi connectivity index (χ0n) is 19.5. The maximum absolute atomic E-state index is 11.6. The van der Waals surface area contributed by atoms with Gasteiger partial charge in [0.25, 0.3) is 5.91 Å². The van der Waals surface area contributed by atoms with Crippen LogP contribution in [0.15, 0.2) is 18.3 Å². The van der Waals surface area contributed by atoms with Crippen LogP contribution in [0.3, 0.4) is 0 Å². The van der Waals surface area contributed by atoms with E-state index in [1.807, 2.05) is 58.9 Å². The number of primary amides is 2. The third-order valence-corrected chi connectivity index (χ3v) is 4.51. The quantitative estimate of drug-likeness (QED) is 0.609. The first-order valence-electron chi connectivity index (χ1n) is 10.3. The number of aromatic nitrogens is 2. The number of hydrogen-bond donors (Lipinski definition) is 3. The molecule has 2 amide bonds. The van der Waals surface area contributed by atoms with Crippen LogP contribution in [0.4, 0.5) is 16.4 Å². The topological polar surface area (TPSA) is 130 Å². The first kappa shape index (κ1) is 28.3. The minimum atomic E-state index is -0.533. The van der Waals surface area contributed by atoms with Crippen LogP contribution >= 0.6 is 11.5 Å². The van der Waals surface area contributed by atoms with Gasteiger partial charge in [-0.25, -0.2) is 4.98 Å². The van der Waals surface area contributed by atoms with E-state index in [-0.39, 0.29) is 12.1 Å². The first-order valence-corrected chi connectivity index (χ1v) is 11.1. The molecule has 174 valence electrons. The number of nitrogens with one attached hydrogen (secondary N) is 1. The third kappa shape index (κ3) is 11.3. The van der Waals surface area contributed by atoms with Crippen molar-refractivity contribution in [1.82, 2.24) is 14.3 Å². The summed E-state index contributed by atoms with van der Waals surface area (Å²) in [6.07, 6.45) is 5.63. The standard InChI is InChI=1S/C15H19N5OS.C3H9N.C2H6.CH3NO/c1-10-7-13(22-19-10)18-12-8-11(9-17-14(12)15(16)21)20-5-3-2-4-6-20;1-4(2)3;1-2;2-1-3/h7-9,18H,2-6H2,1H3,(H2,16,21);1-3H3;1-2H3;1H,(H2,2,3). The maximum atomic E-state index is 11.6. The number of hydrogen-bond acceptors (Lipinski definition) is 8. The summed E-state index contributed by atoms with van der Waals surface area (Å²) in [7, 11) is 6.00. The Labute approximate surface area is 190 Å². The number of nitrogens with two attached hydrogens (primary N) is 2. The summed E-state index contributed by atoms with van der Waals surface area (Å²) in [5, 5.41) is 4.09. The molecule has 0 radical (unpaired) electrons. The van der Waals surface area contributed by atoms with Gasteiger partial charge in [-0.1, -0.05) is 13.8 Å². The predicted molar refractivity (Wildman–Crippen MR) is 130 cm³/mol. The van der Waals surface area contributed by atoms with Crippen LogP contribution in [0.1, 0.15) is 49.3 Å². The predicted octanol–water partition coefficient (Wildman–Crippen LogP) is 2.98. The van der Waals surface area contributed by atoms with Gasteiger partial charge in [0.05, 0.1) is 23.3 Å². The van der Waals surface area contributed by atoms with Crippen LogP contribution in [-0.2, 0) is 4.79 Å². The molecule has 1 aliphatic heterocycles. The summed E-state index contributed by atoms with van der Waals surface area (Å²) in [5.74, 6) is -0.533. The summed E-state index contributed by atoms with van der Waals surface area (Å²) in [5.41, 5.74) is 12.5. The van der Waals surface area contributed by atoms with Crippen molar-refractivity contribution in [1.29, 1.82) is 0 Å². The van der Waals surface area contributed by atoms with E-state index in [1.54, 1.807) is 6.20 Å². The van der Waals surface area contributed by atoms with E-state index in [0.717, 1.165) is 29.5 Å². The number of nitrogens with zero attached hydrogens (tertiary/aromatic N) is 4. The molecule has 1 aliphatic rings. The lowest BCUT2D eigenvalue weighted by atomic mass is 10.1. The fourth-order valence-electron chi connectivity index (χ4n) is 2.63. The van der Waals surface area contributed by atoms with Gasteiger partial charge < -0.3 is 26.6 Å². The SMILES string of the molecule is CC.CN(C)C.Cc1cc(Nc2cc(N3CCCCC3)cnc2C(N)=O)sn1.NC=O. The number of anilines is 3. The highest BCUT2D eigenvalue weighted by Gasteiger charge is 2.16. The third-order valence-electron chi connectivity index (χ3n) is 3.71. The highest BCUT2D eigenvalue weighted by atomic mass is 32.1. The van der Waals surface area contributed by atoms with E-state index in [9.17, 15) is 4.79 Å². The fraction of sp³-hybridized carbons (Fsp3) is 0.524. The van der Waals surface area contributed by atoms with Gasteiger partial charge in [0.2, 0.25) is 6.41 Å². The van der Waals surface area contributed by atoms with Gasteiger partial charge in [-0.05, 0) is 71.0 Å². The molecule has 0 bridgehead atoms. The van der Waals surface area contributed by atoms with Crippen molar-refractivity contribution in [2.75, 3.05) is 44.4 Å². The molecule has 9 nitrogen and oxygen atoms in total. The van der Waals surface area contributed by atoms with Gasteiger partial charge in [0.15, 0.2) is 5.69 Å². The van der Waals surface area contributed by atoms with E-state index >= 15 is 0 Å². The van der Waals surface area contributed by atoms with Crippen LogP contribution in [-0.4, -0.2) is 60.8 Å². The van der Waals surface area contributed by atoms with E-state index < -0.39 is 5.91 Å². The molecule has 0 atom stereocenters. The lowest BCUT2D eigenvalue weighted by Gasteiger charge is -2.29. The number of aryl methyl sites for hydroxylation is 1. The van der Waals surface area contributed by atoms with Crippen molar-refractivity contribution in [3.05, 3.63) is 29.7 Å². The fourth-order valence-corrected chi connectivity index (χ4v) is 3.30. The van der Waals surface area contributed by atoms with Crippen molar-refractivity contribution in [3.8, 4) is 0 Å². The number of pyridine rings is 1. The van der Waals surface area contributed by atoms with Gasteiger partial charge in [0, 0.05) is 13.1 Å². The van der Waals surface area contributed by atoms with Crippen LogP contribution in [0.25, 0.3) is 0 Å². The summed E-state index contributed by atoms with van der Waals surface area (Å²) in [6.45, 7) is 7.98. The maximum Gasteiger partial charge on any atom is 0.269 e. The second-order valence-electron chi connectivity index (χ2n) is 6.94. The van der Waals surface area contributed by atoms with Gasteiger partial charge in [-0.15, -0.1) is 0 Å². The van der Waals surface area contributed by atoms with Crippen molar-refractivity contribution in [2.24, 2.45) is 11.5 Å². The Kier molecular flexibility index (Phi) is 14.6. The van der Waals surface area contributed by atoms with Crippen molar-refractivity contribution in [2.45, 2.75) is 40.0 Å². The number of rotatable bonds is 4. The first-order chi connectivity index (χ1) is 14.8. The summed E-state index contributed by atoms with van der Waals surface area (Å²) in [4.78, 5) is 28.7. The molecule has 0 saturated carbocycles. The molecule has 2 aromatic heterocycles. The van der Waals surface area contributed by atoms with E-state index in [4.69, 9.17) is 10.5 Å². The smallest absolute Gasteiger partial charge is 0.269 e. The minimum Gasteiger partial charge on any atom is -0.372 e. The molecule has 3 rings (SSSR count). The second kappa shape index (κ2) is 16.0. The summed E-state index contributed by atoms with van der Waals surface area (Å²) < 4.78 is 4.23. The lowest BCUT2D eigenvalue weighted by molar-refractivity contribution is -0.106. The van der Waals surface area contributed by atoms with Gasteiger partial charge in [-0.2, -0.15) is 4.37 Å². The molecule has 1 fully saturated rings.